The normalized spacial score (nSPS) is 30.6. The van der Waals surface area contributed by atoms with Gasteiger partial charge in [-0.2, -0.15) is 0 Å². The van der Waals surface area contributed by atoms with E-state index in [4.69, 9.17) is 20.9 Å². The van der Waals surface area contributed by atoms with Crippen molar-refractivity contribution in [1.82, 2.24) is 0 Å². The van der Waals surface area contributed by atoms with Crippen LogP contribution in [0, 0.1) is 10.8 Å². The number of ether oxygens (including phenoxy) is 2. The largest absolute Gasteiger partial charge is 0.381 e. The fourth-order valence-corrected chi connectivity index (χ4v) is 3.49. The maximum absolute atomic E-state index is 5.67. The van der Waals surface area contributed by atoms with Crippen LogP contribution in [0.25, 0.3) is 0 Å². The minimum Gasteiger partial charge on any atom is -0.381 e. The Balaban J connectivity index is 0.00000162. The summed E-state index contributed by atoms with van der Waals surface area (Å²) >= 11 is 0. The van der Waals surface area contributed by atoms with Crippen molar-refractivity contribution >= 4 is 24.8 Å². The highest BCUT2D eigenvalue weighted by Gasteiger charge is 2.67. The van der Waals surface area contributed by atoms with E-state index in [2.05, 4.69) is 0 Å². The molecule has 3 aliphatic rings. The van der Waals surface area contributed by atoms with Crippen LogP contribution in [0.5, 0.6) is 0 Å². The van der Waals surface area contributed by atoms with Crippen LogP contribution in [0.15, 0.2) is 0 Å². The lowest BCUT2D eigenvalue weighted by atomic mass is 9.35. The first-order valence-electron chi connectivity index (χ1n) is 6.80. The SMILES string of the molecule is Cl.Cl.NCCCOCC12CC(COCCCN)(C1)C2. The average Bonchev–Trinajstić information content (AvgIpc) is 2.23. The molecule has 0 aromatic heterocycles. The molecule has 19 heavy (non-hydrogen) atoms. The lowest BCUT2D eigenvalue weighted by Gasteiger charge is -2.70. The van der Waals surface area contributed by atoms with Crippen molar-refractivity contribution in [1.29, 1.82) is 0 Å². The van der Waals surface area contributed by atoms with Crippen LogP contribution in [0.1, 0.15) is 32.1 Å². The molecule has 3 aliphatic carbocycles. The predicted octanol–water partition coefficient (Wildman–Crippen LogP) is 1.73. The Hall–Kier alpha value is 0.420. The molecular formula is C13H28Cl2N2O2. The molecule has 3 fully saturated rings. The van der Waals surface area contributed by atoms with Gasteiger partial charge >= 0.3 is 0 Å². The fourth-order valence-electron chi connectivity index (χ4n) is 3.49. The first-order valence-corrected chi connectivity index (χ1v) is 6.80. The first-order chi connectivity index (χ1) is 8.24. The van der Waals surface area contributed by atoms with Gasteiger partial charge in [0.1, 0.15) is 0 Å². The van der Waals surface area contributed by atoms with Gasteiger partial charge in [-0.3, -0.25) is 0 Å². The molecule has 0 aromatic rings. The second kappa shape index (κ2) is 8.65. The summed E-state index contributed by atoms with van der Waals surface area (Å²) in [5, 5.41) is 0. The molecular weight excluding hydrogens is 287 g/mol. The van der Waals surface area contributed by atoms with Crippen LogP contribution < -0.4 is 11.5 Å². The van der Waals surface area contributed by atoms with Crippen molar-refractivity contribution in [2.45, 2.75) is 32.1 Å². The van der Waals surface area contributed by atoms with Crippen LogP contribution >= 0.6 is 24.8 Å². The summed E-state index contributed by atoms with van der Waals surface area (Å²) in [6.07, 6.45) is 5.84. The van der Waals surface area contributed by atoms with Crippen molar-refractivity contribution in [2.75, 3.05) is 39.5 Å². The molecule has 0 amide bonds. The van der Waals surface area contributed by atoms with Crippen LogP contribution in [-0.2, 0) is 9.47 Å². The molecule has 4 nitrogen and oxygen atoms in total. The molecule has 0 spiro atoms. The molecule has 0 aliphatic heterocycles. The summed E-state index contributed by atoms with van der Waals surface area (Å²) in [4.78, 5) is 0. The molecule has 0 radical (unpaired) electrons. The molecule has 0 aromatic carbocycles. The molecule has 2 bridgehead atoms. The highest BCUT2D eigenvalue weighted by Crippen LogP contribution is 2.73. The molecule has 6 heteroatoms. The average molecular weight is 315 g/mol. The maximum atomic E-state index is 5.67. The van der Waals surface area contributed by atoms with Crippen LogP contribution in [0.3, 0.4) is 0 Å². The summed E-state index contributed by atoms with van der Waals surface area (Å²) in [5.41, 5.74) is 11.9. The smallest absolute Gasteiger partial charge is 0.0523 e. The molecule has 0 atom stereocenters. The Morgan fingerprint density at radius 3 is 1.42 bits per heavy atom. The minimum absolute atomic E-state index is 0. The van der Waals surface area contributed by atoms with E-state index in [1.54, 1.807) is 0 Å². The Morgan fingerprint density at radius 2 is 1.11 bits per heavy atom. The molecule has 3 saturated carbocycles. The predicted molar refractivity (Wildman–Crippen MR) is 82.2 cm³/mol. The fraction of sp³-hybridized carbons (Fsp3) is 1.00. The van der Waals surface area contributed by atoms with Gasteiger partial charge in [0.15, 0.2) is 0 Å². The van der Waals surface area contributed by atoms with Gasteiger partial charge in [0.05, 0.1) is 13.2 Å². The maximum Gasteiger partial charge on any atom is 0.0523 e. The van der Waals surface area contributed by atoms with Gasteiger partial charge in [-0.25, -0.2) is 0 Å². The third-order valence-corrected chi connectivity index (χ3v) is 4.05. The Kier molecular flexibility index (Phi) is 8.84. The summed E-state index contributed by atoms with van der Waals surface area (Å²) in [6, 6.07) is 0. The van der Waals surface area contributed by atoms with Gasteiger partial charge in [0.2, 0.25) is 0 Å². The van der Waals surface area contributed by atoms with Gasteiger partial charge in [0.25, 0.3) is 0 Å². The number of rotatable bonds is 10. The second-order valence-electron chi connectivity index (χ2n) is 5.92. The third-order valence-electron chi connectivity index (χ3n) is 4.05. The Bertz CT molecular complexity index is 213. The van der Waals surface area contributed by atoms with Crippen molar-refractivity contribution in [3.63, 3.8) is 0 Å². The molecule has 0 heterocycles. The summed E-state index contributed by atoms with van der Waals surface area (Å²) in [5.74, 6) is 0. The van der Waals surface area contributed by atoms with Crippen LogP contribution in [0.4, 0.5) is 0 Å². The number of nitrogens with two attached hydrogens (primary N) is 2. The number of hydrogen-bond acceptors (Lipinski definition) is 4. The highest BCUT2D eigenvalue weighted by atomic mass is 35.5. The first kappa shape index (κ1) is 19.4. The van der Waals surface area contributed by atoms with Crippen molar-refractivity contribution < 1.29 is 9.47 Å². The zero-order valence-corrected chi connectivity index (χ0v) is 13.2. The molecule has 116 valence electrons. The van der Waals surface area contributed by atoms with Gasteiger partial charge in [-0.05, 0) is 56.0 Å². The van der Waals surface area contributed by atoms with Gasteiger partial charge < -0.3 is 20.9 Å². The molecule has 0 unspecified atom stereocenters. The van der Waals surface area contributed by atoms with E-state index in [1.807, 2.05) is 0 Å². The molecule has 0 saturated heterocycles. The lowest BCUT2D eigenvalue weighted by Crippen LogP contribution is -2.65. The van der Waals surface area contributed by atoms with E-state index >= 15 is 0 Å². The van der Waals surface area contributed by atoms with Gasteiger partial charge in [0, 0.05) is 13.2 Å². The van der Waals surface area contributed by atoms with E-state index in [9.17, 15) is 0 Å². The van der Waals surface area contributed by atoms with Crippen LogP contribution in [-0.4, -0.2) is 39.5 Å². The molecule has 3 rings (SSSR count). The van der Waals surface area contributed by atoms with Gasteiger partial charge in [-0.1, -0.05) is 0 Å². The zero-order chi connectivity index (χ0) is 12.2. The van der Waals surface area contributed by atoms with E-state index in [1.165, 1.54) is 19.3 Å². The van der Waals surface area contributed by atoms with Crippen molar-refractivity contribution in [2.24, 2.45) is 22.3 Å². The van der Waals surface area contributed by atoms with Gasteiger partial charge in [-0.15, -0.1) is 24.8 Å². The quantitative estimate of drug-likeness (QED) is 0.602. The highest BCUT2D eigenvalue weighted by molar-refractivity contribution is 5.85. The number of halogens is 2. The third kappa shape index (κ3) is 4.73. The zero-order valence-electron chi connectivity index (χ0n) is 11.6. The monoisotopic (exact) mass is 314 g/mol. The number of hydrogen-bond donors (Lipinski definition) is 2. The Morgan fingerprint density at radius 1 is 0.737 bits per heavy atom. The second-order valence-corrected chi connectivity index (χ2v) is 5.92. The van der Waals surface area contributed by atoms with Crippen molar-refractivity contribution in [3.05, 3.63) is 0 Å². The molecule has 4 N–H and O–H groups in total. The summed E-state index contributed by atoms with van der Waals surface area (Å²) < 4.78 is 11.3. The van der Waals surface area contributed by atoms with Crippen LogP contribution in [0.2, 0.25) is 0 Å². The van der Waals surface area contributed by atoms with E-state index in [0.717, 1.165) is 52.4 Å². The Labute approximate surface area is 128 Å². The lowest BCUT2D eigenvalue weighted by molar-refractivity contribution is -0.253. The van der Waals surface area contributed by atoms with E-state index in [-0.39, 0.29) is 24.8 Å². The standard InChI is InChI=1S/C13H26N2O2.2ClH/c14-3-1-5-16-10-12-7-13(8-12,9-12)11-17-6-2-4-15;;/h1-11,14-15H2;2*1H. The summed E-state index contributed by atoms with van der Waals surface area (Å²) in [6.45, 7) is 4.95. The minimum atomic E-state index is 0. The topological polar surface area (TPSA) is 70.5 Å². The van der Waals surface area contributed by atoms with Crippen molar-refractivity contribution in [3.8, 4) is 0 Å². The van der Waals surface area contributed by atoms with E-state index in [0.29, 0.717) is 10.8 Å². The summed E-state index contributed by atoms with van der Waals surface area (Å²) in [7, 11) is 0. The van der Waals surface area contributed by atoms with E-state index < -0.39 is 0 Å².